The lowest BCUT2D eigenvalue weighted by Crippen LogP contribution is -2.36. The van der Waals surface area contributed by atoms with Crippen LogP contribution in [0, 0.1) is 0 Å². The fourth-order valence-corrected chi connectivity index (χ4v) is 4.30. The van der Waals surface area contributed by atoms with E-state index in [0.29, 0.717) is 24.1 Å². The number of hydrogen-bond donors (Lipinski definition) is 0. The zero-order valence-corrected chi connectivity index (χ0v) is 13.7. The van der Waals surface area contributed by atoms with E-state index in [9.17, 15) is 13.2 Å². The molecule has 0 saturated heterocycles. The third kappa shape index (κ3) is 2.24. The second-order valence-corrected chi connectivity index (χ2v) is 7.58. The van der Waals surface area contributed by atoms with Gasteiger partial charge in [-0.2, -0.15) is 4.31 Å². The molecule has 0 aliphatic carbocycles. The molecule has 9 heteroatoms. The molecule has 0 spiro atoms. The summed E-state index contributed by atoms with van der Waals surface area (Å²) < 4.78 is 33.6. The van der Waals surface area contributed by atoms with E-state index in [1.165, 1.54) is 33.4 Å². The number of benzene rings is 1. The second kappa shape index (κ2) is 5.25. The van der Waals surface area contributed by atoms with Crippen LogP contribution in [0.15, 0.2) is 44.8 Å². The average molecular weight is 346 g/mol. The Bertz CT molecular complexity index is 1100. The molecule has 0 bridgehead atoms. The van der Waals surface area contributed by atoms with Crippen molar-refractivity contribution in [3.63, 3.8) is 0 Å². The van der Waals surface area contributed by atoms with Gasteiger partial charge in [0.25, 0.3) is 0 Å². The van der Waals surface area contributed by atoms with Gasteiger partial charge in [-0.05, 0) is 18.2 Å². The van der Waals surface area contributed by atoms with Crippen molar-refractivity contribution in [2.45, 2.75) is 17.9 Å². The molecule has 8 nitrogen and oxygen atoms in total. The highest BCUT2D eigenvalue weighted by Gasteiger charge is 2.29. The quantitative estimate of drug-likeness (QED) is 0.676. The standard InChI is InChI=1S/C15H14N4O4S/c1-18-13-6-11(2-3-14(13)23-15(18)20)24(21,22)19-5-4-12-10(8-19)7-16-9-17-12/h2-3,6-7,9H,4-5,8H2,1H3. The van der Waals surface area contributed by atoms with Crippen molar-refractivity contribution in [3.05, 3.63) is 52.5 Å². The normalized spacial score (nSPS) is 15.5. The molecule has 0 amide bonds. The summed E-state index contributed by atoms with van der Waals surface area (Å²) in [4.78, 5) is 19.8. The van der Waals surface area contributed by atoms with E-state index in [0.717, 1.165) is 11.3 Å². The number of sulfonamides is 1. The highest BCUT2D eigenvalue weighted by Crippen LogP contribution is 2.25. The van der Waals surface area contributed by atoms with Gasteiger partial charge in [-0.3, -0.25) is 4.57 Å². The lowest BCUT2D eigenvalue weighted by atomic mass is 10.1. The summed E-state index contributed by atoms with van der Waals surface area (Å²) in [5.74, 6) is -0.524. The van der Waals surface area contributed by atoms with E-state index >= 15 is 0 Å². The predicted octanol–water partition coefficient (Wildman–Crippen LogP) is 0.668. The first-order valence-electron chi connectivity index (χ1n) is 7.34. The summed E-state index contributed by atoms with van der Waals surface area (Å²) in [5.41, 5.74) is 2.49. The number of oxazole rings is 1. The predicted molar refractivity (Wildman–Crippen MR) is 84.8 cm³/mol. The van der Waals surface area contributed by atoms with Crippen molar-refractivity contribution >= 4 is 21.1 Å². The van der Waals surface area contributed by atoms with Crippen molar-refractivity contribution in [3.8, 4) is 0 Å². The molecule has 1 aliphatic rings. The van der Waals surface area contributed by atoms with Gasteiger partial charge in [0, 0.05) is 44.0 Å². The summed E-state index contributed by atoms with van der Waals surface area (Å²) >= 11 is 0. The molecule has 0 N–H and O–H groups in total. The number of fused-ring (bicyclic) bond motifs is 2. The van der Waals surface area contributed by atoms with Crippen LogP contribution in [0.4, 0.5) is 0 Å². The maximum absolute atomic E-state index is 12.9. The van der Waals surface area contributed by atoms with Gasteiger partial charge in [0.05, 0.1) is 10.4 Å². The molecule has 0 atom stereocenters. The third-order valence-electron chi connectivity index (χ3n) is 4.23. The van der Waals surface area contributed by atoms with E-state index < -0.39 is 15.8 Å². The van der Waals surface area contributed by atoms with E-state index in [2.05, 4.69) is 9.97 Å². The zero-order valence-electron chi connectivity index (χ0n) is 12.8. The second-order valence-electron chi connectivity index (χ2n) is 5.64. The Labute approximate surface area is 137 Å². The van der Waals surface area contributed by atoms with E-state index in [1.54, 1.807) is 13.2 Å². The Hall–Kier alpha value is -2.52. The van der Waals surface area contributed by atoms with Crippen LogP contribution >= 0.6 is 0 Å². The molecule has 1 aliphatic heterocycles. The first-order valence-corrected chi connectivity index (χ1v) is 8.78. The van der Waals surface area contributed by atoms with Crippen molar-refractivity contribution in [2.24, 2.45) is 7.05 Å². The van der Waals surface area contributed by atoms with Crippen molar-refractivity contribution < 1.29 is 12.8 Å². The van der Waals surface area contributed by atoms with Crippen LogP contribution in [0.3, 0.4) is 0 Å². The molecule has 0 saturated carbocycles. The van der Waals surface area contributed by atoms with Gasteiger partial charge in [-0.1, -0.05) is 0 Å². The van der Waals surface area contributed by atoms with Gasteiger partial charge in [0.2, 0.25) is 10.0 Å². The summed E-state index contributed by atoms with van der Waals surface area (Å²) in [6.45, 7) is 0.593. The largest absolute Gasteiger partial charge is 0.419 e. The number of rotatable bonds is 2. The van der Waals surface area contributed by atoms with Gasteiger partial charge >= 0.3 is 5.76 Å². The van der Waals surface area contributed by atoms with Crippen LogP contribution in [0.2, 0.25) is 0 Å². The molecule has 2 aromatic heterocycles. The molecule has 3 aromatic rings. The zero-order chi connectivity index (χ0) is 16.9. The van der Waals surface area contributed by atoms with Crippen molar-refractivity contribution in [1.29, 1.82) is 0 Å². The van der Waals surface area contributed by atoms with Gasteiger partial charge in [0.1, 0.15) is 6.33 Å². The number of nitrogens with zero attached hydrogens (tertiary/aromatic N) is 4. The maximum Gasteiger partial charge on any atom is 0.419 e. The number of hydrogen-bond acceptors (Lipinski definition) is 6. The Morgan fingerprint density at radius 3 is 2.96 bits per heavy atom. The van der Waals surface area contributed by atoms with Crippen molar-refractivity contribution in [1.82, 2.24) is 18.8 Å². The summed E-state index contributed by atoms with van der Waals surface area (Å²) in [7, 11) is -2.14. The molecule has 0 fully saturated rings. The third-order valence-corrected chi connectivity index (χ3v) is 6.07. The first-order chi connectivity index (χ1) is 11.5. The molecular formula is C15H14N4O4S. The lowest BCUT2D eigenvalue weighted by molar-refractivity contribution is 0.387. The van der Waals surface area contributed by atoms with E-state index in [4.69, 9.17) is 4.42 Å². The summed E-state index contributed by atoms with van der Waals surface area (Å²) in [6, 6.07) is 4.43. The van der Waals surface area contributed by atoms with Crippen LogP contribution in [0.1, 0.15) is 11.3 Å². The van der Waals surface area contributed by atoms with E-state index in [-0.39, 0.29) is 11.4 Å². The molecule has 1 aromatic carbocycles. The van der Waals surface area contributed by atoms with Crippen LogP contribution in [0.5, 0.6) is 0 Å². The topological polar surface area (TPSA) is 98.3 Å². The fraction of sp³-hybridized carbons (Fsp3) is 0.267. The summed E-state index contributed by atoms with van der Waals surface area (Å²) in [6.07, 6.45) is 3.66. The van der Waals surface area contributed by atoms with Gasteiger partial charge < -0.3 is 4.42 Å². The minimum absolute atomic E-state index is 0.131. The van der Waals surface area contributed by atoms with Gasteiger partial charge in [0.15, 0.2) is 5.58 Å². The molecule has 3 heterocycles. The minimum atomic E-state index is -3.68. The SMILES string of the molecule is Cn1c(=O)oc2ccc(S(=O)(=O)N3CCc4ncncc4C3)cc21. The van der Waals surface area contributed by atoms with Crippen LogP contribution in [-0.4, -0.2) is 33.8 Å². The van der Waals surface area contributed by atoms with Crippen LogP contribution < -0.4 is 5.76 Å². The van der Waals surface area contributed by atoms with Crippen LogP contribution in [-0.2, 0) is 30.0 Å². The molecule has 0 unspecified atom stereocenters. The molecular weight excluding hydrogens is 332 g/mol. The molecule has 24 heavy (non-hydrogen) atoms. The molecule has 0 radical (unpaired) electrons. The highest BCUT2D eigenvalue weighted by molar-refractivity contribution is 7.89. The fourth-order valence-electron chi connectivity index (χ4n) is 2.86. The van der Waals surface area contributed by atoms with E-state index in [1.807, 2.05) is 0 Å². The Kier molecular flexibility index (Phi) is 3.29. The molecule has 4 rings (SSSR count). The lowest BCUT2D eigenvalue weighted by Gasteiger charge is -2.27. The highest BCUT2D eigenvalue weighted by atomic mass is 32.2. The van der Waals surface area contributed by atoms with Gasteiger partial charge in [-0.15, -0.1) is 0 Å². The Balaban J connectivity index is 1.76. The molecule has 124 valence electrons. The first kappa shape index (κ1) is 15.0. The number of aromatic nitrogens is 3. The monoisotopic (exact) mass is 346 g/mol. The Morgan fingerprint density at radius 1 is 1.29 bits per heavy atom. The minimum Gasteiger partial charge on any atom is -0.408 e. The average Bonchev–Trinajstić information content (AvgIpc) is 2.88. The summed E-state index contributed by atoms with van der Waals surface area (Å²) in [5, 5.41) is 0. The van der Waals surface area contributed by atoms with Crippen LogP contribution in [0.25, 0.3) is 11.1 Å². The number of aryl methyl sites for hydroxylation is 1. The smallest absolute Gasteiger partial charge is 0.408 e. The van der Waals surface area contributed by atoms with Crippen molar-refractivity contribution in [2.75, 3.05) is 6.54 Å². The van der Waals surface area contributed by atoms with Gasteiger partial charge in [-0.25, -0.2) is 23.2 Å². The Morgan fingerprint density at radius 2 is 2.12 bits per heavy atom. The maximum atomic E-state index is 12.9.